The molecule has 1 N–H and O–H groups in total. The van der Waals surface area contributed by atoms with Gasteiger partial charge in [0.2, 0.25) is 5.91 Å². The van der Waals surface area contributed by atoms with Gasteiger partial charge in [-0.05, 0) is 35.9 Å². The molecule has 0 atom stereocenters. The van der Waals surface area contributed by atoms with Gasteiger partial charge in [-0.1, -0.05) is 18.2 Å². The second-order valence-corrected chi connectivity index (χ2v) is 4.75. The van der Waals surface area contributed by atoms with Crippen LogP contribution in [0.1, 0.15) is 22.8 Å². The van der Waals surface area contributed by atoms with Gasteiger partial charge in [0.15, 0.2) is 0 Å². The van der Waals surface area contributed by atoms with Gasteiger partial charge in [-0.2, -0.15) is 0 Å². The van der Waals surface area contributed by atoms with Crippen LogP contribution in [-0.2, 0) is 16.2 Å². The molecule has 2 aromatic rings. The molecule has 0 saturated carbocycles. The largest absolute Gasteiger partial charge is 0.423 e. The van der Waals surface area contributed by atoms with Crippen LogP contribution >= 0.6 is 0 Å². The monoisotopic (exact) mass is 330 g/mol. The van der Waals surface area contributed by atoms with E-state index >= 15 is 0 Å². The summed E-state index contributed by atoms with van der Waals surface area (Å²) in [4.78, 5) is 38.1. The predicted molar refractivity (Wildman–Crippen MR) is 83.9 cm³/mol. The van der Waals surface area contributed by atoms with Gasteiger partial charge in [0.25, 0.3) is 5.09 Å². The molecule has 0 heterocycles. The molecular formula is C16H14N2O6. The van der Waals surface area contributed by atoms with Crippen molar-refractivity contribution in [3.63, 3.8) is 0 Å². The summed E-state index contributed by atoms with van der Waals surface area (Å²) < 4.78 is 5.22. The lowest BCUT2D eigenvalue weighted by Crippen LogP contribution is -2.14. The number of rotatable bonds is 6. The molecule has 2 aromatic carbocycles. The zero-order valence-electron chi connectivity index (χ0n) is 12.7. The lowest BCUT2D eigenvalue weighted by atomic mass is 10.1. The van der Waals surface area contributed by atoms with Crippen LogP contribution in [0.2, 0.25) is 0 Å². The molecule has 0 aromatic heterocycles. The van der Waals surface area contributed by atoms with Gasteiger partial charge in [-0.25, -0.2) is 4.79 Å². The van der Waals surface area contributed by atoms with E-state index in [2.05, 4.69) is 10.2 Å². The number of benzene rings is 2. The fourth-order valence-corrected chi connectivity index (χ4v) is 1.97. The number of nitrogens with one attached hydrogen (secondary N) is 1. The first kappa shape index (κ1) is 16.9. The highest BCUT2D eigenvalue weighted by atomic mass is 16.9. The van der Waals surface area contributed by atoms with E-state index in [0.717, 1.165) is 0 Å². The minimum atomic E-state index is -0.961. The molecule has 0 unspecified atom stereocenters. The molecule has 0 aliphatic heterocycles. The van der Waals surface area contributed by atoms with E-state index in [1.807, 2.05) is 0 Å². The van der Waals surface area contributed by atoms with E-state index < -0.39 is 17.7 Å². The van der Waals surface area contributed by atoms with E-state index in [-0.39, 0.29) is 17.0 Å². The number of esters is 1. The Kier molecular flexibility index (Phi) is 5.45. The van der Waals surface area contributed by atoms with Crippen molar-refractivity contribution in [2.75, 3.05) is 5.32 Å². The molecule has 8 heteroatoms. The third-order valence-electron chi connectivity index (χ3n) is 2.92. The summed E-state index contributed by atoms with van der Waals surface area (Å²) in [5, 5.41) is 12.0. The average Bonchev–Trinajstić information content (AvgIpc) is 2.53. The molecule has 0 spiro atoms. The maximum Gasteiger partial charge on any atom is 0.343 e. The molecule has 0 fully saturated rings. The van der Waals surface area contributed by atoms with Crippen LogP contribution < -0.4 is 10.1 Å². The SMILES string of the molecule is CC(=O)Nc1ccc(C(=O)Oc2ccccc2)c(CO[N+](=O)[O-])c1. The minimum absolute atomic E-state index is 0.106. The second kappa shape index (κ2) is 7.73. The molecule has 8 nitrogen and oxygen atoms in total. The summed E-state index contributed by atoms with van der Waals surface area (Å²) >= 11 is 0. The van der Waals surface area contributed by atoms with E-state index in [9.17, 15) is 19.7 Å². The van der Waals surface area contributed by atoms with Gasteiger partial charge in [0, 0.05) is 12.6 Å². The number of anilines is 1. The van der Waals surface area contributed by atoms with Crippen molar-refractivity contribution in [3.8, 4) is 5.75 Å². The third-order valence-corrected chi connectivity index (χ3v) is 2.92. The molecule has 0 aliphatic rings. The minimum Gasteiger partial charge on any atom is -0.423 e. The molecule has 0 saturated heterocycles. The quantitative estimate of drug-likeness (QED) is 0.377. The zero-order chi connectivity index (χ0) is 17.5. The molecule has 0 radical (unpaired) electrons. The number of para-hydroxylation sites is 1. The lowest BCUT2D eigenvalue weighted by molar-refractivity contribution is -0.763. The van der Waals surface area contributed by atoms with Crippen LogP contribution in [0.5, 0.6) is 5.75 Å². The normalized spacial score (nSPS) is 9.88. The van der Waals surface area contributed by atoms with E-state index in [1.54, 1.807) is 30.3 Å². The first-order valence-corrected chi connectivity index (χ1v) is 6.91. The molecule has 1 amide bonds. The van der Waals surface area contributed by atoms with Gasteiger partial charge in [-0.15, -0.1) is 10.1 Å². The summed E-state index contributed by atoms with van der Waals surface area (Å²) in [7, 11) is 0. The summed E-state index contributed by atoms with van der Waals surface area (Å²) in [5.41, 5.74) is 0.717. The number of hydrogen-bond acceptors (Lipinski definition) is 6. The van der Waals surface area contributed by atoms with Crippen LogP contribution in [0.25, 0.3) is 0 Å². The Morgan fingerprint density at radius 1 is 1.17 bits per heavy atom. The number of carbonyl (C=O) groups is 2. The van der Waals surface area contributed by atoms with Crippen molar-refractivity contribution in [2.45, 2.75) is 13.5 Å². The van der Waals surface area contributed by atoms with Crippen LogP contribution in [0.15, 0.2) is 48.5 Å². The fraction of sp³-hybridized carbons (Fsp3) is 0.125. The molecule has 124 valence electrons. The van der Waals surface area contributed by atoms with Crippen molar-refractivity contribution in [1.29, 1.82) is 0 Å². The predicted octanol–water partition coefficient (Wildman–Crippen LogP) is 2.57. The highest BCUT2D eigenvalue weighted by Crippen LogP contribution is 2.20. The first-order chi connectivity index (χ1) is 11.5. The van der Waals surface area contributed by atoms with Gasteiger partial charge in [0.05, 0.1) is 5.56 Å². The number of amides is 1. The summed E-state index contributed by atoms with van der Waals surface area (Å²) in [6.45, 7) is 0.879. The molecule has 0 aliphatic carbocycles. The topological polar surface area (TPSA) is 108 Å². The van der Waals surface area contributed by atoms with Crippen molar-refractivity contribution in [2.24, 2.45) is 0 Å². The highest BCUT2D eigenvalue weighted by molar-refractivity contribution is 5.94. The summed E-state index contributed by atoms with van der Waals surface area (Å²) in [6, 6.07) is 12.7. The smallest absolute Gasteiger partial charge is 0.343 e. The Morgan fingerprint density at radius 3 is 2.50 bits per heavy atom. The molecule has 2 rings (SSSR count). The molecule has 24 heavy (non-hydrogen) atoms. The second-order valence-electron chi connectivity index (χ2n) is 4.75. The lowest BCUT2D eigenvalue weighted by Gasteiger charge is -2.11. The summed E-state index contributed by atoms with van der Waals surface area (Å²) in [6.07, 6.45) is 0. The number of carbonyl (C=O) groups excluding carboxylic acids is 2. The Bertz CT molecular complexity index is 760. The Labute approximate surface area is 137 Å². The van der Waals surface area contributed by atoms with Gasteiger partial charge in [-0.3, -0.25) is 4.79 Å². The third kappa shape index (κ3) is 4.80. The van der Waals surface area contributed by atoms with Crippen molar-refractivity contribution in [3.05, 3.63) is 69.8 Å². The van der Waals surface area contributed by atoms with Gasteiger partial charge < -0.3 is 14.9 Å². The zero-order valence-corrected chi connectivity index (χ0v) is 12.7. The summed E-state index contributed by atoms with van der Waals surface area (Å²) in [5.74, 6) is -0.650. The van der Waals surface area contributed by atoms with E-state index in [4.69, 9.17) is 4.74 Å². The fourth-order valence-electron chi connectivity index (χ4n) is 1.97. The number of nitrogens with zero attached hydrogens (tertiary/aromatic N) is 1. The van der Waals surface area contributed by atoms with Crippen LogP contribution in [-0.4, -0.2) is 17.0 Å². The average molecular weight is 330 g/mol. The highest BCUT2D eigenvalue weighted by Gasteiger charge is 2.16. The van der Waals surface area contributed by atoms with Gasteiger partial charge >= 0.3 is 5.97 Å². The van der Waals surface area contributed by atoms with Crippen LogP contribution in [0.4, 0.5) is 5.69 Å². The van der Waals surface area contributed by atoms with Crippen LogP contribution in [0, 0.1) is 10.1 Å². The molecular weight excluding hydrogens is 316 g/mol. The maximum absolute atomic E-state index is 12.3. The standard InChI is InChI=1S/C16H14N2O6/c1-11(19)17-13-7-8-15(12(9-13)10-23-18(21)22)16(20)24-14-5-3-2-4-6-14/h2-9H,10H2,1H3,(H,17,19). The van der Waals surface area contributed by atoms with Crippen molar-refractivity contribution < 1.29 is 24.3 Å². The molecule has 0 bridgehead atoms. The number of hydrogen-bond donors (Lipinski definition) is 1. The van der Waals surface area contributed by atoms with Crippen molar-refractivity contribution >= 4 is 17.6 Å². The maximum atomic E-state index is 12.3. The first-order valence-electron chi connectivity index (χ1n) is 6.91. The van der Waals surface area contributed by atoms with E-state index in [1.165, 1.54) is 25.1 Å². The van der Waals surface area contributed by atoms with E-state index in [0.29, 0.717) is 11.4 Å². The number of ether oxygens (including phenoxy) is 1. The van der Waals surface area contributed by atoms with Gasteiger partial charge in [0.1, 0.15) is 12.4 Å². The Hall–Kier alpha value is -3.42. The van der Waals surface area contributed by atoms with Crippen molar-refractivity contribution in [1.82, 2.24) is 0 Å². The van der Waals surface area contributed by atoms with Crippen LogP contribution in [0.3, 0.4) is 0 Å². The Morgan fingerprint density at radius 2 is 1.88 bits per heavy atom. The Balaban J connectivity index is 2.27.